The quantitative estimate of drug-likeness (QED) is 0.718. The number of carbonyl (C=O) groups excluding carboxylic acids is 1. The highest BCUT2D eigenvalue weighted by Crippen LogP contribution is 2.39. The summed E-state index contributed by atoms with van der Waals surface area (Å²) < 4.78 is 28.7. The Morgan fingerprint density at radius 3 is 2.35 bits per heavy atom. The number of ether oxygens (including phenoxy) is 1. The van der Waals surface area contributed by atoms with E-state index in [1.54, 1.807) is 4.90 Å². The zero-order chi connectivity index (χ0) is 15.2. The van der Waals surface area contributed by atoms with E-state index in [1.807, 2.05) is 20.8 Å². The fourth-order valence-corrected chi connectivity index (χ4v) is 4.65. The number of nitrogens with zero attached hydrogens (tertiary/aromatic N) is 1. The largest absolute Gasteiger partial charge is 0.444 e. The number of sulfone groups is 1. The van der Waals surface area contributed by atoms with Gasteiger partial charge in [0, 0.05) is 18.1 Å². The smallest absolute Gasteiger partial charge is 0.410 e. The molecule has 20 heavy (non-hydrogen) atoms. The van der Waals surface area contributed by atoms with Crippen LogP contribution >= 0.6 is 0 Å². The minimum Gasteiger partial charge on any atom is -0.444 e. The highest BCUT2D eigenvalue weighted by Gasteiger charge is 2.50. The van der Waals surface area contributed by atoms with Gasteiger partial charge in [-0.2, -0.15) is 0 Å². The van der Waals surface area contributed by atoms with Crippen LogP contribution in [0.1, 0.15) is 40.0 Å². The molecule has 2 N–H and O–H groups in total. The third-order valence-electron chi connectivity index (χ3n) is 4.00. The third kappa shape index (κ3) is 3.25. The summed E-state index contributed by atoms with van der Waals surface area (Å²) >= 11 is 0. The van der Waals surface area contributed by atoms with E-state index in [0.29, 0.717) is 25.8 Å². The molecule has 0 aromatic rings. The average molecular weight is 304 g/mol. The van der Waals surface area contributed by atoms with Crippen LogP contribution in [0.4, 0.5) is 4.79 Å². The summed E-state index contributed by atoms with van der Waals surface area (Å²) in [5, 5.41) is 0. The zero-order valence-corrected chi connectivity index (χ0v) is 13.2. The van der Waals surface area contributed by atoms with E-state index in [0.717, 1.165) is 0 Å². The Morgan fingerprint density at radius 1 is 1.30 bits per heavy atom. The van der Waals surface area contributed by atoms with E-state index in [1.165, 1.54) is 0 Å². The van der Waals surface area contributed by atoms with Gasteiger partial charge >= 0.3 is 6.09 Å². The summed E-state index contributed by atoms with van der Waals surface area (Å²) in [4.78, 5) is 14.0. The fourth-order valence-electron chi connectivity index (χ4n) is 3.07. The van der Waals surface area contributed by atoms with Gasteiger partial charge in [-0.05, 0) is 40.0 Å². The molecule has 116 valence electrons. The maximum atomic E-state index is 12.3. The summed E-state index contributed by atoms with van der Waals surface area (Å²) in [6.45, 7) is 5.89. The van der Waals surface area contributed by atoms with Crippen LogP contribution in [-0.2, 0) is 14.6 Å². The summed E-state index contributed by atoms with van der Waals surface area (Å²) in [6, 6.07) is -0.108. The van der Waals surface area contributed by atoms with Crippen molar-refractivity contribution in [2.45, 2.75) is 57.2 Å². The molecule has 2 saturated heterocycles. The van der Waals surface area contributed by atoms with Crippen molar-refractivity contribution in [3.05, 3.63) is 0 Å². The first-order valence-corrected chi connectivity index (χ1v) is 8.82. The zero-order valence-electron chi connectivity index (χ0n) is 12.4. The monoisotopic (exact) mass is 304 g/mol. The lowest BCUT2D eigenvalue weighted by molar-refractivity contribution is 0.00579. The SMILES string of the molecule is CC(C)(C)OC(=O)N1CC(N)CC12CCS(=O)(=O)CC2. The molecular weight excluding hydrogens is 280 g/mol. The van der Waals surface area contributed by atoms with Crippen molar-refractivity contribution in [1.82, 2.24) is 4.90 Å². The Hall–Kier alpha value is -0.820. The summed E-state index contributed by atoms with van der Waals surface area (Å²) in [7, 11) is -2.97. The van der Waals surface area contributed by atoms with Gasteiger partial charge in [0.1, 0.15) is 15.4 Å². The molecular formula is C13H24N2O4S. The molecule has 0 saturated carbocycles. The molecule has 2 aliphatic rings. The lowest BCUT2D eigenvalue weighted by Gasteiger charge is -2.41. The van der Waals surface area contributed by atoms with E-state index in [2.05, 4.69) is 0 Å². The molecule has 6 nitrogen and oxygen atoms in total. The molecule has 1 unspecified atom stereocenters. The van der Waals surface area contributed by atoms with Crippen molar-refractivity contribution in [3.8, 4) is 0 Å². The van der Waals surface area contributed by atoms with Crippen molar-refractivity contribution >= 4 is 15.9 Å². The number of hydrogen-bond donors (Lipinski definition) is 1. The molecule has 7 heteroatoms. The molecule has 0 aromatic heterocycles. The number of amides is 1. The molecule has 1 spiro atoms. The van der Waals surface area contributed by atoms with Crippen LogP contribution in [0.15, 0.2) is 0 Å². The number of rotatable bonds is 0. The lowest BCUT2D eigenvalue weighted by atomic mass is 9.88. The molecule has 0 aromatic carbocycles. The number of hydrogen-bond acceptors (Lipinski definition) is 5. The highest BCUT2D eigenvalue weighted by atomic mass is 32.2. The van der Waals surface area contributed by atoms with E-state index < -0.39 is 21.0 Å². The predicted octanol–water partition coefficient (Wildman–Crippen LogP) is 0.902. The van der Waals surface area contributed by atoms with Crippen LogP contribution in [0, 0.1) is 0 Å². The molecule has 2 fully saturated rings. The van der Waals surface area contributed by atoms with Crippen LogP contribution in [-0.4, -0.2) is 54.6 Å². The number of likely N-dealkylation sites (tertiary alicyclic amines) is 1. The lowest BCUT2D eigenvalue weighted by Crippen LogP contribution is -2.53. The van der Waals surface area contributed by atoms with E-state index in [4.69, 9.17) is 10.5 Å². The topological polar surface area (TPSA) is 89.7 Å². The van der Waals surface area contributed by atoms with Gasteiger partial charge in [-0.1, -0.05) is 0 Å². The molecule has 1 atom stereocenters. The minimum absolute atomic E-state index is 0.108. The van der Waals surface area contributed by atoms with E-state index >= 15 is 0 Å². The van der Waals surface area contributed by atoms with Crippen LogP contribution in [0.3, 0.4) is 0 Å². The fraction of sp³-hybridized carbons (Fsp3) is 0.923. The van der Waals surface area contributed by atoms with Crippen LogP contribution in [0.2, 0.25) is 0 Å². The Morgan fingerprint density at radius 2 is 1.85 bits per heavy atom. The molecule has 2 aliphatic heterocycles. The molecule has 0 bridgehead atoms. The molecule has 1 amide bonds. The first-order chi connectivity index (χ1) is 9.03. The second-order valence-electron chi connectivity index (χ2n) is 6.93. The van der Waals surface area contributed by atoms with Gasteiger partial charge in [-0.25, -0.2) is 13.2 Å². The molecule has 0 aliphatic carbocycles. The predicted molar refractivity (Wildman–Crippen MR) is 76.2 cm³/mol. The van der Waals surface area contributed by atoms with Gasteiger partial charge in [0.2, 0.25) is 0 Å². The van der Waals surface area contributed by atoms with Crippen molar-refractivity contribution in [2.24, 2.45) is 5.73 Å². The molecule has 0 radical (unpaired) electrons. The van der Waals surface area contributed by atoms with Crippen molar-refractivity contribution < 1.29 is 17.9 Å². The van der Waals surface area contributed by atoms with Crippen LogP contribution < -0.4 is 5.73 Å². The van der Waals surface area contributed by atoms with Gasteiger partial charge in [0.25, 0.3) is 0 Å². The maximum Gasteiger partial charge on any atom is 0.410 e. The van der Waals surface area contributed by atoms with Gasteiger partial charge in [-0.3, -0.25) is 0 Å². The van der Waals surface area contributed by atoms with Crippen molar-refractivity contribution in [1.29, 1.82) is 0 Å². The number of carbonyl (C=O) groups is 1. The second kappa shape index (κ2) is 4.87. The Kier molecular flexibility index (Phi) is 3.79. The van der Waals surface area contributed by atoms with Crippen molar-refractivity contribution in [3.63, 3.8) is 0 Å². The first-order valence-electron chi connectivity index (χ1n) is 7.00. The number of nitrogens with two attached hydrogens (primary N) is 1. The minimum atomic E-state index is -2.97. The second-order valence-corrected chi connectivity index (χ2v) is 9.23. The third-order valence-corrected chi connectivity index (χ3v) is 5.65. The van der Waals surface area contributed by atoms with Gasteiger partial charge in [0.05, 0.1) is 11.5 Å². The van der Waals surface area contributed by atoms with Gasteiger partial charge < -0.3 is 15.4 Å². The summed E-state index contributed by atoms with van der Waals surface area (Å²) in [5.41, 5.74) is 5.00. The van der Waals surface area contributed by atoms with Crippen LogP contribution in [0.25, 0.3) is 0 Å². The Balaban J connectivity index is 2.17. The Bertz CT molecular complexity index is 481. The highest BCUT2D eigenvalue weighted by molar-refractivity contribution is 7.91. The standard InChI is InChI=1S/C13H24N2O4S/c1-12(2,3)19-11(16)15-9-10(14)8-13(15)4-6-20(17,18)7-5-13/h10H,4-9,14H2,1-3H3. The molecule has 2 heterocycles. The maximum absolute atomic E-state index is 12.3. The Labute approximate surface area is 120 Å². The van der Waals surface area contributed by atoms with Gasteiger partial charge in [0.15, 0.2) is 0 Å². The van der Waals surface area contributed by atoms with Gasteiger partial charge in [-0.15, -0.1) is 0 Å². The first kappa shape index (κ1) is 15.6. The summed E-state index contributed by atoms with van der Waals surface area (Å²) in [6.07, 6.45) is 1.19. The van der Waals surface area contributed by atoms with E-state index in [-0.39, 0.29) is 23.6 Å². The van der Waals surface area contributed by atoms with Crippen molar-refractivity contribution in [2.75, 3.05) is 18.1 Å². The molecule has 2 rings (SSSR count). The summed E-state index contributed by atoms with van der Waals surface area (Å²) in [5.74, 6) is 0.248. The average Bonchev–Trinajstić information content (AvgIpc) is 2.59. The van der Waals surface area contributed by atoms with E-state index in [9.17, 15) is 13.2 Å². The normalized spacial score (nSPS) is 28.6. The van der Waals surface area contributed by atoms with Crippen LogP contribution in [0.5, 0.6) is 0 Å².